The highest BCUT2D eigenvalue weighted by atomic mass is 14.3. The van der Waals surface area contributed by atoms with Crippen LogP contribution in [-0.4, -0.2) is 0 Å². The third-order valence-corrected chi connectivity index (χ3v) is 5.56. The van der Waals surface area contributed by atoms with Crippen molar-refractivity contribution >= 4 is 0 Å². The molecule has 25 heavy (non-hydrogen) atoms. The zero-order valence-corrected chi connectivity index (χ0v) is 17.6. The van der Waals surface area contributed by atoms with Crippen LogP contribution in [0.1, 0.15) is 90.1 Å². The summed E-state index contributed by atoms with van der Waals surface area (Å²) in [4.78, 5) is 0. The van der Waals surface area contributed by atoms with Gasteiger partial charge in [-0.1, -0.05) is 92.6 Å². The average Bonchev–Trinajstić information content (AvgIpc) is 2.80. The fraction of sp³-hybridized carbons (Fsp3) is 0.520. The van der Waals surface area contributed by atoms with Crippen molar-refractivity contribution in [2.24, 2.45) is 0 Å². The summed E-state index contributed by atoms with van der Waals surface area (Å²) in [5.41, 5.74) is 10.9. The van der Waals surface area contributed by atoms with Crippen molar-refractivity contribution in [3.05, 3.63) is 58.1 Å². The van der Waals surface area contributed by atoms with Crippen LogP contribution < -0.4 is 0 Å². The SMILES string of the molecule is CC(C)(C)c1ccc2c(c1)-c1cc(C(C)(C)C)cc(C(C)(C)C)c1C2. The Morgan fingerprint density at radius 2 is 1.16 bits per heavy atom. The van der Waals surface area contributed by atoms with Gasteiger partial charge >= 0.3 is 0 Å². The van der Waals surface area contributed by atoms with E-state index in [0.717, 1.165) is 6.42 Å². The highest BCUT2D eigenvalue weighted by molar-refractivity contribution is 5.80. The molecule has 0 heteroatoms. The maximum atomic E-state index is 2.47. The van der Waals surface area contributed by atoms with E-state index in [2.05, 4.69) is 92.6 Å². The zero-order chi connectivity index (χ0) is 18.8. The second-order valence-corrected chi connectivity index (χ2v) is 10.8. The van der Waals surface area contributed by atoms with Gasteiger partial charge in [0.05, 0.1) is 0 Å². The Kier molecular flexibility index (Phi) is 3.99. The summed E-state index contributed by atoms with van der Waals surface area (Å²) in [5, 5.41) is 0. The van der Waals surface area contributed by atoms with Gasteiger partial charge in [-0.3, -0.25) is 0 Å². The van der Waals surface area contributed by atoms with Crippen molar-refractivity contribution in [3.8, 4) is 11.1 Å². The molecule has 0 N–H and O–H groups in total. The summed E-state index contributed by atoms with van der Waals surface area (Å²) in [6.45, 7) is 20.9. The number of hydrogen-bond donors (Lipinski definition) is 0. The minimum atomic E-state index is 0.166. The van der Waals surface area contributed by atoms with E-state index in [9.17, 15) is 0 Å². The van der Waals surface area contributed by atoms with E-state index < -0.39 is 0 Å². The smallest absolute Gasteiger partial charge is 0.00105 e. The second kappa shape index (κ2) is 5.47. The summed E-state index contributed by atoms with van der Waals surface area (Å²) in [5.74, 6) is 0. The van der Waals surface area contributed by atoms with Crippen molar-refractivity contribution in [3.63, 3.8) is 0 Å². The topological polar surface area (TPSA) is 0 Å². The van der Waals surface area contributed by atoms with Gasteiger partial charge in [-0.15, -0.1) is 0 Å². The third-order valence-electron chi connectivity index (χ3n) is 5.56. The van der Waals surface area contributed by atoms with E-state index >= 15 is 0 Å². The fourth-order valence-corrected chi connectivity index (χ4v) is 3.84. The van der Waals surface area contributed by atoms with E-state index in [0.29, 0.717) is 0 Å². The van der Waals surface area contributed by atoms with Gasteiger partial charge in [0.2, 0.25) is 0 Å². The number of benzene rings is 2. The van der Waals surface area contributed by atoms with Crippen LogP contribution in [0.15, 0.2) is 30.3 Å². The van der Waals surface area contributed by atoms with Crippen molar-refractivity contribution in [1.82, 2.24) is 0 Å². The molecule has 134 valence electrons. The van der Waals surface area contributed by atoms with Gasteiger partial charge in [-0.2, -0.15) is 0 Å². The van der Waals surface area contributed by atoms with E-state index in [-0.39, 0.29) is 16.2 Å². The van der Waals surface area contributed by atoms with Crippen LogP contribution in [0.2, 0.25) is 0 Å². The molecule has 0 amide bonds. The van der Waals surface area contributed by atoms with Crippen LogP contribution in [0, 0.1) is 0 Å². The number of rotatable bonds is 0. The Morgan fingerprint density at radius 3 is 1.68 bits per heavy atom. The molecule has 0 unspecified atom stereocenters. The summed E-state index contributed by atoms with van der Waals surface area (Å²) < 4.78 is 0. The molecule has 0 fully saturated rings. The first-order valence-electron chi connectivity index (χ1n) is 9.60. The molecule has 0 bridgehead atoms. The molecule has 0 radical (unpaired) electrons. The predicted octanol–water partition coefficient (Wildman–Crippen LogP) is 7.15. The minimum absolute atomic E-state index is 0.166. The molecule has 0 spiro atoms. The molecular weight excluding hydrogens is 300 g/mol. The van der Waals surface area contributed by atoms with Crippen LogP contribution >= 0.6 is 0 Å². The second-order valence-electron chi connectivity index (χ2n) is 10.8. The average molecular weight is 335 g/mol. The van der Waals surface area contributed by atoms with Gasteiger partial charge < -0.3 is 0 Å². The Hall–Kier alpha value is -1.56. The van der Waals surface area contributed by atoms with Crippen molar-refractivity contribution in [2.75, 3.05) is 0 Å². The molecule has 0 aromatic heterocycles. The Bertz CT molecular complexity index is 815. The lowest BCUT2D eigenvalue weighted by Gasteiger charge is -2.28. The maximum Gasteiger partial charge on any atom is -0.00105 e. The van der Waals surface area contributed by atoms with Gasteiger partial charge in [0.1, 0.15) is 0 Å². The van der Waals surface area contributed by atoms with Gasteiger partial charge in [-0.25, -0.2) is 0 Å². The first-order valence-corrected chi connectivity index (χ1v) is 9.60. The number of fused-ring (bicyclic) bond motifs is 3. The maximum absolute atomic E-state index is 2.47. The van der Waals surface area contributed by atoms with E-state index in [4.69, 9.17) is 0 Å². The summed E-state index contributed by atoms with van der Waals surface area (Å²) in [6.07, 6.45) is 1.08. The molecule has 0 atom stereocenters. The van der Waals surface area contributed by atoms with Crippen LogP contribution in [0.5, 0.6) is 0 Å². The molecule has 0 heterocycles. The molecule has 2 aromatic rings. The van der Waals surface area contributed by atoms with Gasteiger partial charge in [-0.05, 0) is 61.6 Å². The van der Waals surface area contributed by atoms with Crippen LogP contribution in [-0.2, 0) is 22.7 Å². The molecule has 1 aliphatic rings. The highest BCUT2D eigenvalue weighted by Gasteiger charge is 2.30. The monoisotopic (exact) mass is 334 g/mol. The van der Waals surface area contributed by atoms with Crippen LogP contribution in [0.4, 0.5) is 0 Å². The Labute approximate surface area is 154 Å². The van der Waals surface area contributed by atoms with Gasteiger partial charge in [0.15, 0.2) is 0 Å². The highest BCUT2D eigenvalue weighted by Crippen LogP contribution is 2.45. The lowest BCUT2D eigenvalue weighted by atomic mass is 9.77. The molecule has 2 aromatic carbocycles. The minimum Gasteiger partial charge on any atom is -0.0582 e. The quantitative estimate of drug-likeness (QED) is 0.409. The Morgan fingerprint density at radius 1 is 0.600 bits per heavy atom. The predicted molar refractivity (Wildman–Crippen MR) is 111 cm³/mol. The normalized spacial score (nSPS) is 14.4. The third kappa shape index (κ3) is 3.28. The first kappa shape index (κ1) is 18.2. The molecule has 0 nitrogen and oxygen atoms in total. The standard InChI is InChI=1S/C25H34/c1-23(2,3)17-11-10-16-12-21-20(19(16)13-17)14-18(24(4,5)6)15-22(21)25(7,8)9/h10-11,13-15H,12H2,1-9H3. The van der Waals surface area contributed by atoms with E-state index in [1.54, 1.807) is 5.56 Å². The first-order chi connectivity index (χ1) is 11.3. The molecule has 0 saturated heterocycles. The Balaban J connectivity index is 2.29. The molecule has 0 aliphatic heterocycles. The molecule has 0 saturated carbocycles. The van der Waals surface area contributed by atoms with Gasteiger partial charge in [0, 0.05) is 0 Å². The largest absolute Gasteiger partial charge is 0.0582 e. The van der Waals surface area contributed by atoms with Crippen molar-refractivity contribution in [1.29, 1.82) is 0 Å². The van der Waals surface area contributed by atoms with Crippen LogP contribution in [0.25, 0.3) is 11.1 Å². The lowest BCUT2D eigenvalue weighted by Crippen LogP contribution is -2.18. The van der Waals surface area contributed by atoms with Gasteiger partial charge in [0.25, 0.3) is 0 Å². The summed E-state index contributed by atoms with van der Waals surface area (Å²) >= 11 is 0. The molecular formula is C25H34. The molecule has 1 aliphatic carbocycles. The zero-order valence-electron chi connectivity index (χ0n) is 17.6. The fourth-order valence-electron chi connectivity index (χ4n) is 3.84. The molecule has 3 rings (SSSR count). The lowest BCUT2D eigenvalue weighted by molar-refractivity contribution is 0.565. The van der Waals surface area contributed by atoms with Crippen molar-refractivity contribution < 1.29 is 0 Å². The number of hydrogen-bond acceptors (Lipinski definition) is 0. The van der Waals surface area contributed by atoms with Crippen LogP contribution in [0.3, 0.4) is 0 Å². The summed E-state index contributed by atoms with van der Waals surface area (Å²) in [6, 6.07) is 12.1. The van der Waals surface area contributed by atoms with E-state index in [1.165, 1.54) is 33.4 Å². The summed E-state index contributed by atoms with van der Waals surface area (Å²) in [7, 11) is 0. The van der Waals surface area contributed by atoms with Crippen molar-refractivity contribution in [2.45, 2.75) is 85.0 Å². The van der Waals surface area contributed by atoms with E-state index in [1.807, 2.05) is 0 Å².